The molecule has 1 aliphatic rings. The number of nitrogens with zero attached hydrogens (tertiary/aromatic N) is 1. The van der Waals surface area contributed by atoms with E-state index in [1.54, 1.807) is 0 Å². The number of benzene rings is 1. The molecule has 2 N–H and O–H groups in total. The Morgan fingerprint density at radius 3 is 2.86 bits per heavy atom. The minimum absolute atomic E-state index is 0.139. The Morgan fingerprint density at radius 1 is 1.48 bits per heavy atom. The van der Waals surface area contributed by atoms with Gasteiger partial charge in [-0.2, -0.15) is 0 Å². The molecular weight excluding hydrogens is 272 g/mol. The zero-order chi connectivity index (χ0) is 15.4. The summed E-state index contributed by atoms with van der Waals surface area (Å²) in [6.07, 6.45) is 0. The molecule has 1 amide bonds. The van der Waals surface area contributed by atoms with Gasteiger partial charge in [0.05, 0.1) is 25.8 Å². The van der Waals surface area contributed by atoms with Gasteiger partial charge in [-0.1, -0.05) is 12.1 Å². The van der Waals surface area contributed by atoms with Crippen molar-refractivity contribution in [1.82, 2.24) is 4.90 Å². The standard InChI is InChI=1S/C15H18N2O4/c1-10-4-3-5-11(8-10)16-13-12(15(20)21-2)9-17(6-7-18)14(13)19/h3-5,8,16,18H,6-7,9H2,1-2H3. The van der Waals surface area contributed by atoms with Gasteiger partial charge >= 0.3 is 5.97 Å². The molecule has 0 bridgehead atoms. The number of aliphatic hydroxyl groups excluding tert-OH is 1. The first kappa shape index (κ1) is 15.1. The second-order valence-electron chi connectivity index (χ2n) is 4.79. The first-order chi connectivity index (χ1) is 10.1. The number of carbonyl (C=O) groups excluding carboxylic acids is 2. The predicted octanol–water partition coefficient (Wildman–Crippen LogP) is 0.669. The van der Waals surface area contributed by atoms with Crippen LogP contribution in [0.1, 0.15) is 5.56 Å². The van der Waals surface area contributed by atoms with E-state index in [0.717, 1.165) is 11.3 Å². The maximum absolute atomic E-state index is 12.3. The molecule has 0 atom stereocenters. The van der Waals surface area contributed by atoms with Crippen molar-refractivity contribution < 1.29 is 19.4 Å². The van der Waals surface area contributed by atoms with Gasteiger partial charge in [-0.15, -0.1) is 0 Å². The topological polar surface area (TPSA) is 78.9 Å². The van der Waals surface area contributed by atoms with Crippen LogP contribution in [0.4, 0.5) is 5.69 Å². The molecule has 1 aromatic carbocycles. The van der Waals surface area contributed by atoms with Crippen LogP contribution in [-0.2, 0) is 14.3 Å². The number of rotatable bonds is 5. The van der Waals surface area contributed by atoms with Crippen LogP contribution in [0.2, 0.25) is 0 Å². The van der Waals surface area contributed by atoms with Crippen LogP contribution in [0, 0.1) is 6.92 Å². The summed E-state index contributed by atoms with van der Waals surface area (Å²) in [7, 11) is 1.28. The number of anilines is 1. The number of ether oxygens (including phenoxy) is 1. The lowest BCUT2D eigenvalue weighted by molar-refractivity contribution is -0.136. The fraction of sp³-hybridized carbons (Fsp3) is 0.333. The molecule has 0 spiro atoms. The van der Waals surface area contributed by atoms with E-state index < -0.39 is 5.97 Å². The molecule has 0 saturated carbocycles. The fourth-order valence-electron chi connectivity index (χ4n) is 2.22. The van der Waals surface area contributed by atoms with Crippen LogP contribution >= 0.6 is 0 Å². The van der Waals surface area contributed by atoms with Gasteiger partial charge in [-0.05, 0) is 24.6 Å². The van der Waals surface area contributed by atoms with Gasteiger partial charge in [0.15, 0.2) is 0 Å². The van der Waals surface area contributed by atoms with Crippen molar-refractivity contribution in [3.8, 4) is 0 Å². The average Bonchev–Trinajstić information content (AvgIpc) is 2.76. The maximum Gasteiger partial charge on any atom is 0.337 e. The number of esters is 1. The van der Waals surface area contributed by atoms with Gasteiger partial charge < -0.3 is 20.1 Å². The molecule has 6 nitrogen and oxygen atoms in total. The van der Waals surface area contributed by atoms with E-state index in [1.165, 1.54) is 12.0 Å². The minimum atomic E-state index is -0.543. The van der Waals surface area contributed by atoms with E-state index in [4.69, 9.17) is 9.84 Å². The number of carbonyl (C=O) groups is 2. The lowest BCUT2D eigenvalue weighted by atomic mass is 10.2. The molecule has 0 unspecified atom stereocenters. The summed E-state index contributed by atoms with van der Waals surface area (Å²) in [5.41, 5.74) is 2.25. The number of hydrogen-bond acceptors (Lipinski definition) is 5. The van der Waals surface area contributed by atoms with E-state index in [9.17, 15) is 9.59 Å². The minimum Gasteiger partial charge on any atom is -0.466 e. The largest absolute Gasteiger partial charge is 0.466 e. The molecule has 21 heavy (non-hydrogen) atoms. The van der Waals surface area contributed by atoms with Crippen LogP contribution in [0.5, 0.6) is 0 Å². The van der Waals surface area contributed by atoms with E-state index >= 15 is 0 Å². The Bertz CT molecular complexity index is 595. The number of methoxy groups -OCH3 is 1. The second-order valence-corrected chi connectivity index (χ2v) is 4.79. The SMILES string of the molecule is COC(=O)C1=C(Nc2cccc(C)c2)C(=O)N(CCO)C1. The Morgan fingerprint density at radius 2 is 2.24 bits per heavy atom. The highest BCUT2D eigenvalue weighted by molar-refractivity contribution is 6.08. The molecule has 112 valence electrons. The third kappa shape index (κ3) is 3.22. The average molecular weight is 290 g/mol. The van der Waals surface area contributed by atoms with Crippen LogP contribution in [0.25, 0.3) is 0 Å². The van der Waals surface area contributed by atoms with E-state index in [2.05, 4.69) is 5.32 Å². The predicted molar refractivity (Wildman–Crippen MR) is 77.5 cm³/mol. The number of hydrogen-bond donors (Lipinski definition) is 2. The Labute approximate surface area is 123 Å². The van der Waals surface area contributed by atoms with Crippen LogP contribution in [-0.4, -0.2) is 48.7 Å². The van der Waals surface area contributed by atoms with Gasteiger partial charge in [0.2, 0.25) is 0 Å². The third-order valence-electron chi connectivity index (χ3n) is 3.24. The van der Waals surface area contributed by atoms with Crippen molar-refractivity contribution in [1.29, 1.82) is 0 Å². The van der Waals surface area contributed by atoms with Gasteiger partial charge in [-0.3, -0.25) is 4.79 Å². The summed E-state index contributed by atoms with van der Waals surface area (Å²) in [5.74, 6) is -0.857. The van der Waals surface area contributed by atoms with Crippen LogP contribution in [0.3, 0.4) is 0 Å². The molecule has 6 heteroatoms. The van der Waals surface area contributed by atoms with Crippen LogP contribution < -0.4 is 5.32 Å². The summed E-state index contributed by atoms with van der Waals surface area (Å²) in [4.78, 5) is 25.5. The van der Waals surface area contributed by atoms with Crippen molar-refractivity contribution in [3.63, 3.8) is 0 Å². The first-order valence-corrected chi connectivity index (χ1v) is 6.62. The Balaban J connectivity index is 2.30. The molecule has 1 aliphatic heterocycles. The monoisotopic (exact) mass is 290 g/mol. The summed E-state index contributed by atoms with van der Waals surface area (Å²) in [6.45, 7) is 2.10. The number of β-amino-alcohol motifs (C(OH)–C–C–N with tert-alkyl or cyclic N) is 1. The van der Waals surface area contributed by atoms with Crippen molar-refractivity contribution in [2.24, 2.45) is 0 Å². The lowest BCUT2D eigenvalue weighted by Crippen LogP contribution is -2.31. The highest BCUT2D eigenvalue weighted by Crippen LogP contribution is 2.22. The smallest absolute Gasteiger partial charge is 0.337 e. The number of aryl methyl sites for hydroxylation is 1. The third-order valence-corrected chi connectivity index (χ3v) is 3.24. The van der Waals surface area contributed by atoms with Crippen molar-refractivity contribution in [2.45, 2.75) is 6.92 Å². The van der Waals surface area contributed by atoms with Gasteiger partial charge in [-0.25, -0.2) is 4.79 Å². The normalized spacial score (nSPS) is 14.6. The molecule has 0 aliphatic carbocycles. The van der Waals surface area contributed by atoms with Crippen LogP contribution in [0.15, 0.2) is 35.5 Å². The molecule has 0 fully saturated rings. The maximum atomic E-state index is 12.3. The van der Waals surface area contributed by atoms with Gasteiger partial charge in [0.1, 0.15) is 5.70 Å². The lowest BCUT2D eigenvalue weighted by Gasteiger charge is -2.15. The number of aliphatic hydroxyl groups is 1. The zero-order valence-corrected chi connectivity index (χ0v) is 12.0. The van der Waals surface area contributed by atoms with Crippen molar-refractivity contribution >= 4 is 17.6 Å². The van der Waals surface area contributed by atoms with Crippen molar-refractivity contribution in [2.75, 3.05) is 32.1 Å². The molecule has 0 aromatic heterocycles. The van der Waals surface area contributed by atoms with E-state index in [-0.39, 0.29) is 36.9 Å². The molecule has 1 aromatic rings. The Hall–Kier alpha value is -2.34. The van der Waals surface area contributed by atoms with E-state index in [1.807, 2.05) is 31.2 Å². The van der Waals surface area contributed by atoms with E-state index in [0.29, 0.717) is 0 Å². The summed E-state index contributed by atoms with van der Waals surface area (Å²) in [6, 6.07) is 7.50. The summed E-state index contributed by atoms with van der Waals surface area (Å²) < 4.78 is 4.72. The van der Waals surface area contributed by atoms with Gasteiger partial charge in [0, 0.05) is 12.2 Å². The second kappa shape index (κ2) is 6.41. The zero-order valence-electron chi connectivity index (χ0n) is 12.0. The van der Waals surface area contributed by atoms with Gasteiger partial charge in [0.25, 0.3) is 5.91 Å². The first-order valence-electron chi connectivity index (χ1n) is 6.62. The molecule has 2 rings (SSSR count). The molecule has 0 radical (unpaired) electrons. The summed E-state index contributed by atoms with van der Waals surface area (Å²) >= 11 is 0. The molecular formula is C15H18N2O4. The van der Waals surface area contributed by atoms with Crippen molar-refractivity contribution in [3.05, 3.63) is 41.1 Å². The molecule has 0 saturated heterocycles. The number of nitrogens with one attached hydrogen (secondary N) is 1. The number of amides is 1. The highest BCUT2D eigenvalue weighted by Gasteiger charge is 2.34. The molecule has 1 heterocycles. The Kier molecular flexibility index (Phi) is 4.59. The fourth-order valence-corrected chi connectivity index (χ4v) is 2.22. The highest BCUT2D eigenvalue weighted by atomic mass is 16.5. The quantitative estimate of drug-likeness (QED) is 0.779. The summed E-state index contributed by atoms with van der Waals surface area (Å²) in [5, 5.41) is 12.0.